The van der Waals surface area contributed by atoms with Crippen LogP contribution in [-0.4, -0.2) is 11.7 Å². The maximum Gasteiger partial charge on any atom is 0.0502 e. The van der Waals surface area contributed by atoms with Gasteiger partial charge >= 0.3 is 0 Å². The molecule has 2 rings (SSSR count). The number of rotatable bonds is 4. The summed E-state index contributed by atoms with van der Waals surface area (Å²) in [6.45, 7) is 6.61. The summed E-state index contributed by atoms with van der Waals surface area (Å²) in [5.41, 5.74) is 6.47. The summed E-state index contributed by atoms with van der Waals surface area (Å²) < 4.78 is 1.06. The Kier molecular flexibility index (Phi) is 5.00. The molecular weight excluding hydrogens is 312 g/mol. The van der Waals surface area contributed by atoms with Crippen LogP contribution in [0, 0.1) is 20.8 Å². The lowest BCUT2D eigenvalue weighted by Crippen LogP contribution is -2.10. The van der Waals surface area contributed by atoms with Gasteiger partial charge in [-0.15, -0.1) is 0 Å². The van der Waals surface area contributed by atoms with Gasteiger partial charge in [0.2, 0.25) is 0 Å². The molecule has 0 aromatic heterocycles. The fourth-order valence-corrected chi connectivity index (χ4v) is 3.24. The predicted octanol–water partition coefficient (Wildman–Crippen LogP) is 4.69. The van der Waals surface area contributed by atoms with E-state index in [1.165, 1.54) is 27.8 Å². The molecule has 2 aromatic rings. The van der Waals surface area contributed by atoms with Gasteiger partial charge in [0.25, 0.3) is 0 Å². The Bertz CT molecular complexity index is 581. The van der Waals surface area contributed by atoms with Crippen molar-refractivity contribution in [3.63, 3.8) is 0 Å². The maximum atomic E-state index is 9.75. The summed E-state index contributed by atoms with van der Waals surface area (Å²) in [5, 5.41) is 9.75. The van der Waals surface area contributed by atoms with Crippen LogP contribution >= 0.6 is 15.9 Å². The van der Waals surface area contributed by atoms with Crippen molar-refractivity contribution in [1.82, 2.24) is 0 Å². The average Bonchev–Trinajstić information content (AvgIpc) is 2.38. The van der Waals surface area contributed by atoms with Crippen molar-refractivity contribution in [2.45, 2.75) is 33.1 Å². The zero-order valence-corrected chi connectivity index (χ0v) is 13.9. The molecule has 1 N–H and O–H groups in total. The molecule has 106 valence electrons. The minimum atomic E-state index is 0.146. The summed E-state index contributed by atoms with van der Waals surface area (Å²) in [5.74, 6) is 0.146. The molecule has 1 nitrogen and oxygen atoms in total. The summed E-state index contributed by atoms with van der Waals surface area (Å²) >= 11 is 3.50. The second-order valence-corrected chi connectivity index (χ2v) is 6.43. The lowest BCUT2D eigenvalue weighted by Gasteiger charge is -2.19. The maximum absolute atomic E-state index is 9.75. The molecule has 0 saturated heterocycles. The van der Waals surface area contributed by atoms with Crippen molar-refractivity contribution in [1.29, 1.82) is 0 Å². The van der Waals surface area contributed by atoms with E-state index in [0.29, 0.717) is 0 Å². The first-order valence-corrected chi connectivity index (χ1v) is 7.73. The predicted molar refractivity (Wildman–Crippen MR) is 88.3 cm³/mol. The number of hydrogen-bond donors (Lipinski definition) is 1. The summed E-state index contributed by atoms with van der Waals surface area (Å²) in [6, 6.07) is 12.7. The quantitative estimate of drug-likeness (QED) is 0.860. The Morgan fingerprint density at radius 2 is 1.70 bits per heavy atom. The molecule has 0 aliphatic heterocycles. The highest BCUT2D eigenvalue weighted by atomic mass is 79.9. The van der Waals surface area contributed by atoms with E-state index in [1.807, 2.05) is 12.1 Å². The molecule has 0 saturated carbocycles. The number of hydrogen-bond acceptors (Lipinski definition) is 1. The van der Waals surface area contributed by atoms with Crippen LogP contribution in [-0.2, 0) is 6.42 Å². The Morgan fingerprint density at radius 3 is 2.25 bits per heavy atom. The van der Waals surface area contributed by atoms with Crippen molar-refractivity contribution in [3.05, 3.63) is 68.7 Å². The van der Waals surface area contributed by atoms with Gasteiger partial charge in [-0.3, -0.25) is 0 Å². The Hall–Kier alpha value is -1.12. The lowest BCUT2D eigenvalue weighted by atomic mass is 9.88. The van der Waals surface area contributed by atoms with Crippen LogP contribution in [0.2, 0.25) is 0 Å². The largest absolute Gasteiger partial charge is 0.396 e. The standard InChI is InChI=1S/C18H21BrO/c1-12-7-13(2)18(14(3)8-12)10-16(11-20)15-5-4-6-17(19)9-15/h4-9,16,20H,10-11H2,1-3H3. The van der Waals surface area contributed by atoms with Gasteiger partial charge in [-0.2, -0.15) is 0 Å². The zero-order valence-electron chi connectivity index (χ0n) is 12.3. The van der Waals surface area contributed by atoms with Crippen molar-refractivity contribution in [3.8, 4) is 0 Å². The molecule has 2 aromatic carbocycles. The van der Waals surface area contributed by atoms with E-state index in [1.54, 1.807) is 0 Å². The third kappa shape index (κ3) is 3.50. The molecule has 20 heavy (non-hydrogen) atoms. The first kappa shape index (κ1) is 15.3. The first-order valence-electron chi connectivity index (χ1n) is 6.94. The van der Waals surface area contributed by atoms with Crippen molar-refractivity contribution in [2.75, 3.05) is 6.61 Å². The van der Waals surface area contributed by atoms with Gasteiger partial charge in [0, 0.05) is 10.4 Å². The summed E-state index contributed by atoms with van der Waals surface area (Å²) in [4.78, 5) is 0. The van der Waals surface area contributed by atoms with Gasteiger partial charge < -0.3 is 5.11 Å². The van der Waals surface area contributed by atoms with E-state index < -0.39 is 0 Å². The third-order valence-electron chi connectivity index (χ3n) is 3.83. The molecule has 2 heteroatoms. The second kappa shape index (κ2) is 6.55. The first-order chi connectivity index (χ1) is 9.51. The van der Waals surface area contributed by atoms with Gasteiger partial charge in [-0.05, 0) is 61.6 Å². The normalized spacial score (nSPS) is 12.4. The number of halogens is 1. The third-order valence-corrected chi connectivity index (χ3v) is 4.32. The van der Waals surface area contributed by atoms with Gasteiger partial charge in [0.1, 0.15) is 0 Å². The number of benzene rings is 2. The Balaban J connectivity index is 2.32. The van der Waals surface area contributed by atoms with Crippen LogP contribution in [0.5, 0.6) is 0 Å². The molecule has 0 fully saturated rings. The molecule has 0 aliphatic carbocycles. The molecule has 0 spiro atoms. The van der Waals surface area contributed by atoms with Gasteiger partial charge in [0.15, 0.2) is 0 Å². The molecule has 0 aliphatic rings. The molecule has 0 radical (unpaired) electrons. The fourth-order valence-electron chi connectivity index (χ4n) is 2.83. The summed E-state index contributed by atoms with van der Waals surface area (Å²) in [6.07, 6.45) is 0.880. The van der Waals surface area contributed by atoms with E-state index in [2.05, 4.69) is 61.0 Å². The second-order valence-electron chi connectivity index (χ2n) is 5.52. The highest BCUT2D eigenvalue weighted by Crippen LogP contribution is 2.27. The number of aryl methyl sites for hydroxylation is 3. The van der Waals surface area contributed by atoms with E-state index in [0.717, 1.165) is 10.9 Å². The highest BCUT2D eigenvalue weighted by Gasteiger charge is 2.14. The average molecular weight is 333 g/mol. The van der Waals surface area contributed by atoms with Crippen LogP contribution in [0.15, 0.2) is 40.9 Å². The van der Waals surface area contributed by atoms with Crippen LogP contribution in [0.3, 0.4) is 0 Å². The van der Waals surface area contributed by atoms with Gasteiger partial charge in [0.05, 0.1) is 6.61 Å². The summed E-state index contributed by atoms with van der Waals surface area (Å²) in [7, 11) is 0. The van der Waals surface area contributed by atoms with E-state index in [-0.39, 0.29) is 12.5 Å². The topological polar surface area (TPSA) is 20.2 Å². The number of aliphatic hydroxyl groups is 1. The van der Waals surface area contributed by atoms with Gasteiger partial charge in [-0.25, -0.2) is 0 Å². The zero-order chi connectivity index (χ0) is 14.7. The lowest BCUT2D eigenvalue weighted by molar-refractivity contribution is 0.264. The van der Waals surface area contributed by atoms with Gasteiger partial charge in [-0.1, -0.05) is 45.8 Å². The van der Waals surface area contributed by atoms with Crippen LogP contribution < -0.4 is 0 Å². The van der Waals surface area contributed by atoms with Crippen LogP contribution in [0.25, 0.3) is 0 Å². The molecule has 0 heterocycles. The van der Waals surface area contributed by atoms with Crippen LogP contribution in [0.4, 0.5) is 0 Å². The molecular formula is C18H21BrO. The minimum Gasteiger partial charge on any atom is -0.396 e. The smallest absolute Gasteiger partial charge is 0.0502 e. The number of aliphatic hydroxyl groups excluding tert-OH is 1. The van der Waals surface area contributed by atoms with E-state index >= 15 is 0 Å². The van der Waals surface area contributed by atoms with Crippen LogP contribution in [0.1, 0.15) is 33.7 Å². The monoisotopic (exact) mass is 332 g/mol. The molecule has 1 atom stereocenters. The molecule has 0 amide bonds. The fraction of sp³-hybridized carbons (Fsp3) is 0.333. The van der Waals surface area contributed by atoms with E-state index in [4.69, 9.17) is 0 Å². The minimum absolute atomic E-state index is 0.146. The van der Waals surface area contributed by atoms with E-state index in [9.17, 15) is 5.11 Å². The SMILES string of the molecule is Cc1cc(C)c(CC(CO)c2cccc(Br)c2)c(C)c1. The molecule has 1 unspecified atom stereocenters. The van der Waals surface area contributed by atoms with Crippen molar-refractivity contribution in [2.24, 2.45) is 0 Å². The highest BCUT2D eigenvalue weighted by molar-refractivity contribution is 9.10. The van der Waals surface area contributed by atoms with Crippen molar-refractivity contribution >= 4 is 15.9 Å². The van der Waals surface area contributed by atoms with Crippen molar-refractivity contribution < 1.29 is 5.11 Å². The molecule has 0 bridgehead atoms. The Morgan fingerprint density at radius 1 is 1.05 bits per heavy atom. The Labute approximate surface area is 129 Å².